The maximum atomic E-state index is 12.8. The molecule has 0 atom stereocenters. The zero-order valence-corrected chi connectivity index (χ0v) is 20.6. The van der Waals surface area contributed by atoms with Crippen LogP contribution in [-0.4, -0.2) is 42.3 Å². The van der Waals surface area contributed by atoms with Crippen molar-refractivity contribution in [3.05, 3.63) is 53.3 Å². The van der Waals surface area contributed by atoms with E-state index in [0.717, 1.165) is 24.1 Å². The first-order valence-electron chi connectivity index (χ1n) is 11.6. The zero-order chi connectivity index (χ0) is 24.7. The first kappa shape index (κ1) is 25.2. The van der Waals surface area contributed by atoms with Gasteiger partial charge in [0.2, 0.25) is 5.91 Å². The van der Waals surface area contributed by atoms with Crippen LogP contribution in [0.25, 0.3) is 11.0 Å². The summed E-state index contributed by atoms with van der Waals surface area (Å²) in [6.45, 7) is 7.44. The average molecular weight is 467 g/mol. The second kappa shape index (κ2) is 11.7. The van der Waals surface area contributed by atoms with Crippen LogP contribution in [0.5, 0.6) is 0 Å². The first-order valence-corrected chi connectivity index (χ1v) is 11.6. The van der Waals surface area contributed by atoms with Crippen LogP contribution < -0.4 is 10.6 Å². The molecule has 8 nitrogen and oxygen atoms in total. The van der Waals surface area contributed by atoms with E-state index in [4.69, 9.17) is 9.47 Å². The van der Waals surface area contributed by atoms with Crippen molar-refractivity contribution in [2.45, 2.75) is 46.7 Å². The summed E-state index contributed by atoms with van der Waals surface area (Å²) >= 11 is 0. The Balaban J connectivity index is 2.02. The minimum absolute atomic E-state index is 0.127. The lowest BCUT2D eigenvalue weighted by molar-refractivity contribution is -0.119. The molecule has 0 aliphatic rings. The zero-order valence-electron chi connectivity index (χ0n) is 20.6. The molecule has 3 aromatic rings. The molecule has 1 amide bonds. The van der Waals surface area contributed by atoms with Gasteiger partial charge in [-0.2, -0.15) is 0 Å². The van der Waals surface area contributed by atoms with E-state index < -0.39 is 5.97 Å². The number of nitrogens with zero attached hydrogens (tertiary/aromatic N) is 2. The highest BCUT2D eigenvalue weighted by Gasteiger charge is 2.26. The SMILES string of the molecule is CCc1ccc(CNc2cnc3c(c2)c(NC(=O)COC)c(C(=O)OC)n3CCC(C)C)cc1. The number of rotatable bonds is 11. The average Bonchev–Trinajstić information content (AvgIpc) is 3.13. The van der Waals surface area contributed by atoms with Gasteiger partial charge in [0, 0.05) is 25.6 Å². The van der Waals surface area contributed by atoms with Crippen LogP contribution in [-0.2, 0) is 33.8 Å². The highest BCUT2D eigenvalue weighted by Crippen LogP contribution is 2.33. The Hall–Kier alpha value is -3.39. The molecule has 0 bridgehead atoms. The number of aromatic nitrogens is 2. The lowest BCUT2D eigenvalue weighted by Gasteiger charge is -2.12. The Morgan fingerprint density at radius 2 is 1.82 bits per heavy atom. The molecule has 0 spiro atoms. The normalized spacial score (nSPS) is 11.1. The van der Waals surface area contributed by atoms with Crippen molar-refractivity contribution in [1.29, 1.82) is 0 Å². The first-order chi connectivity index (χ1) is 16.4. The number of esters is 1. The van der Waals surface area contributed by atoms with E-state index in [-0.39, 0.29) is 18.2 Å². The van der Waals surface area contributed by atoms with E-state index in [1.807, 2.05) is 10.6 Å². The van der Waals surface area contributed by atoms with Crippen LogP contribution >= 0.6 is 0 Å². The van der Waals surface area contributed by atoms with Crippen LogP contribution in [0.15, 0.2) is 36.5 Å². The molecule has 2 N–H and O–H groups in total. The van der Waals surface area contributed by atoms with Gasteiger partial charge < -0.3 is 24.7 Å². The van der Waals surface area contributed by atoms with Gasteiger partial charge in [-0.25, -0.2) is 9.78 Å². The summed E-state index contributed by atoms with van der Waals surface area (Å²) in [5, 5.41) is 6.90. The van der Waals surface area contributed by atoms with E-state index in [1.54, 1.807) is 6.20 Å². The molecule has 3 rings (SSSR count). The Kier molecular flexibility index (Phi) is 8.65. The van der Waals surface area contributed by atoms with Crippen LogP contribution in [0.3, 0.4) is 0 Å². The summed E-state index contributed by atoms with van der Waals surface area (Å²) in [5.74, 6) is -0.459. The van der Waals surface area contributed by atoms with Crippen molar-refractivity contribution in [2.75, 3.05) is 31.5 Å². The van der Waals surface area contributed by atoms with Crippen molar-refractivity contribution < 1.29 is 19.1 Å². The summed E-state index contributed by atoms with van der Waals surface area (Å²) in [6, 6.07) is 10.4. The molecule has 0 fully saturated rings. The maximum absolute atomic E-state index is 12.8. The molecular formula is C26H34N4O4. The number of pyridine rings is 1. The molecule has 1 aromatic carbocycles. The van der Waals surface area contributed by atoms with Crippen molar-refractivity contribution in [3.8, 4) is 0 Å². The molecule has 0 unspecified atom stereocenters. The number of amides is 1. The second-order valence-electron chi connectivity index (χ2n) is 8.65. The lowest BCUT2D eigenvalue weighted by Crippen LogP contribution is -2.20. The number of ether oxygens (including phenoxy) is 2. The number of hydrogen-bond donors (Lipinski definition) is 2. The molecule has 2 heterocycles. The Labute approximate surface area is 200 Å². The number of benzene rings is 1. The highest BCUT2D eigenvalue weighted by molar-refractivity contribution is 6.11. The summed E-state index contributed by atoms with van der Waals surface area (Å²) in [6.07, 6.45) is 3.59. The van der Waals surface area contributed by atoms with Gasteiger partial charge in [0.1, 0.15) is 12.3 Å². The quantitative estimate of drug-likeness (QED) is 0.400. The van der Waals surface area contributed by atoms with E-state index in [0.29, 0.717) is 35.7 Å². The van der Waals surface area contributed by atoms with Gasteiger partial charge in [-0.05, 0) is 36.0 Å². The van der Waals surface area contributed by atoms with Crippen LogP contribution in [0.4, 0.5) is 11.4 Å². The Morgan fingerprint density at radius 3 is 2.44 bits per heavy atom. The van der Waals surface area contributed by atoms with Gasteiger partial charge >= 0.3 is 5.97 Å². The molecule has 0 saturated heterocycles. The van der Waals surface area contributed by atoms with Crippen LogP contribution in [0.1, 0.15) is 48.8 Å². The van der Waals surface area contributed by atoms with E-state index >= 15 is 0 Å². The predicted octanol–water partition coefficient (Wildman–Crippen LogP) is 4.63. The van der Waals surface area contributed by atoms with E-state index in [9.17, 15) is 9.59 Å². The van der Waals surface area contributed by atoms with Gasteiger partial charge in [-0.3, -0.25) is 4.79 Å². The smallest absolute Gasteiger partial charge is 0.356 e. The van der Waals surface area contributed by atoms with Gasteiger partial charge in [-0.15, -0.1) is 0 Å². The number of anilines is 2. The molecule has 0 aliphatic heterocycles. The van der Waals surface area contributed by atoms with Crippen LogP contribution in [0, 0.1) is 5.92 Å². The molecule has 0 aliphatic carbocycles. The summed E-state index contributed by atoms with van der Waals surface area (Å²) < 4.78 is 11.9. The number of hydrogen-bond acceptors (Lipinski definition) is 6. The highest BCUT2D eigenvalue weighted by atomic mass is 16.5. The Morgan fingerprint density at radius 1 is 1.12 bits per heavy atom. The third kappa shape index (κ3) is 5.94. The number of methoxy groups -OCH3 is 2. The largest absolute Gasteiger partial charge is 0.464 e. The topological polar surface area (TPSA) is 94.5 Å². The summed E-state index contributed by atoms with van der Waals surface area (Å²) in [5.41, 5.74) is 4.51. The number of aryl methyl sites for hydroxylation is 2. The van der Waals surface area contributed by atoms with Crippen molar-refractivity contribution in [2.24, 2.45) is 5.92 Å². The second-order valence-corrected chi connectivity index (χ2v) is 8.65. The fraction of sp³-hybridized carbons (Fsp3) is 0.423. The van der Waals surface area contributed by atoms with Crippen LogP contribution in [0.2, 0.25) is 0 Å². The monoisotopic (exact) mass is 466 g/mol. The third-order valence-electron chi connectivity index (χ3n) is 5.67. The number of carbonyl (C=O) groups excluding carboxylic acids is 2. The number of fused-ring (bicyclic) bond motifs is 1. The minimum atomic E-state index is -0.528. The minimum Gasteiger partial charge on any atom is -0.464 e. The fourth-order valence-electron chi connectivity index (χ4n) is 3.77. The van der Waals surface area contributed by atoms with Crippen molar-refractivity contribution in [3.63, 3.8) is 0 Å². The lowest BCUT2D eigenvalue weighted by atomic mass is 10.1. The molecular weight excluding hydrogens is 432 g/mol. The molecule has 182 valence electrons. The number of nitrogens with one attached hydrogen (secondary N) is 2. The molecule has 34 heavy (non-hydrogen) atoms. The van der Waals surface area contributed by atoms with Gasteiger partial charge in [0.25, 0.3) is 0 Å². The summed E-state index contributed by atoms with van der Waals surface area (Å²) in [7, 11) is 2.78. The molecule has 8 heteroatoms. The van der Waals surface area contributed by atoms with Crippen molar-refractivity contribution in [1.82, 2.24) is 9.55 Å². The van der Waals surface area contributed by atoms with Gasteiger partial charge in [0.05, 0.1) is 24.7 Å². The number of carbonyl (C=O) groups is 2. The molecule has 2 aromatic heterocycles. The third-order valence-corrected chi connectivity index (χ3v) is 5.67. The summed E-state index contributed by atoms with van der Waals surface area (Å²) in [4.78, 5) is 29.9. The standard InChI is InChI=1S/C26H34N4O4/c1-6-18-7-9-19(10-8-18)14-27-20-13-21-23(29-22(31)16-33-4)24(26(32)34-5)30(12-11-17(2)3)25(21)28-15-20/h7-10,13,15,17,27H,6,11-12,14,16H2,1-5H3,(H,29,31). The Bertz CT molecular complexity index is 1140. The fourth-order valence-corrected chi connectivity index (χ4v) is 3.77. The van der Waals surface area contributed by atoms with E-state index in [2.05, 4.69) is 60.7 Å². The van der Waals surface area contributed by atoms with Gasteiger partial charge in [-0.1, -0.05) is 45.0 Å². The van der Waals surface area contributed by atoms with Crippen molar-refractivity contribution >= 4 is 34.3 Å². The molecule has 0 radical (unpaired) electrons. The van der Waals surface area contributed by atoms with E-state index in [1.165, 1.54) is 19.8 Å². The predicted molar refractivity (Wildman–Crippen MR) is 134 cm³/mol. The maximum Gasteiger partial charge on any atom is 0.356 e. The molecule has 0 saturated carbocycles. The van der Waals surface area contributed by atoms with Gasteiger partial charge in [0.15, 0.2) is 5.69 Å².